The SMILES string of the molecule is OCC1CCCN(c2nc(-c3cccnc3)nc3sc4c(c23)CCC4)C1. The van der Waals surface area contributed by atoms with Gasteiger partial charge in [-0.3, -0.25) is 4.98 Å². The molecule has 1 N–H and O–H groups in total. The van der Waals surface area contributed by atoms with Gasteiger partial charge in [-0.05, 0) is 55.7 Å². The molecule has 0 saturated carbocycles. The molecule has 134 valence electrons. The lowest BCUT2D eigenvalue weighted by atomic mass is 9.98. The minimum absolute atomic E-state index is 0.252. The van der Waals surface area contributed by atoms with Crippen molar-refractivity contribution in [1.29, 1.82) is 0 Å². The predicted octanol–water partition coefficient (Wildman–Crippen LogP) is 3.45. The van der Waals surface area contributed by atoms with E-state index >= 15 is 0 Å². The molecule has 1 unspecified atom stereocenters. The molecule has 5 rings (SSSR count). The standard InChI is InChI=1S/C20H22N4OS/c25-12-13-4-3-9-24(11-13)19-17-15-6-1-7-16(15)26-20(17)23-18(22-19)14-5-2-8-21-10-14/h2,5,8,10,13,25H,1,3-4,6-7,9,11-12H2. The van der Waals surface area contributed by atoms with Crippen molar-refractivity contribution in [1.82, 2.24) is 15.0 Å². The van der Waals surface area contributed by atoms with Gasteiger partial charge in [0.05, 0.1) is 5.39 Å². The molecule has 3 aromatic rings. The molecule has 4 heterocycles. The Morgan fingerprint density at radius 3 is 3.04 bits per heavy atom. The zero-order valence-corrected chi connectivity index (χ0v) is 15.5. The van der Waals surface area contributed by atoms with Crippen molar-refractivity contribution in [2.24, 2.45) is 5.92 Å². The van der Waals surface area contributed by atoms with Crippen molar-refractivity contribution < 1.29 is 5.11 Å². The Morgan fingerprint density at radius 1 is 1.23 bits per heavy atom. The van der Waals surface area contributed by atoms with Crippen LogP contribution in [0.25, 0.3) is 21.6 Å². The van der Waals surface area contributed by atoms with E-state index in [1.165, 1.54) is 22.2 Å². The zero-order valence-electron chi connectivity index (χ0n) is 14.7. The molecule has 1 fully saturated rings. The number of aliphatic hydroxyl groups excluding tert-OH is 1. The number of anilines is 1. The lowest BCUT2D eigenvalue weighted by Gasteiger charge is -2.33. The highest BCUT2D eigenvalue weighted by molar-refractivity contribution is 7.19. The normalized spacial score (nSPS) is 19.9. The van der Waals surface area contributed by atoms with E-state index in [9.17, 15) is 5.11 Å². The quantitative estimate of drug-likeness (QED) is 0.769. The van der Waals surface area contributed by atoms with Crippen LogP contribution in [0, 0.1) is 5.92 Å². The minimum atomic E-state index is 0.252. The van der Waals surface area contributed by atoms with Crippen molar-refractivity contribution in [3.05, 3.63) is 35.0 Å². The Balaban J connectivity index is 1.68. The van der Waals surface area contributed by atoms with Crippen LogP contribution in [-0.2, 0) is 12.8 Å². The summed E-state index contributed by atoms with van der Waals surface area (Å²) < 4.78 is 0. The molecular formula is C20H22N4OS. The molecule has 0 bridgehead atoms. The molecule has 1 aliphatic carbocycles. The molecular weight excluding hydrogens is 344 g/mol. The molecule has 1 saturated heterocycles. The van der Waals surface area contributed by atoms with Gasteiger partial charge in [-0.15, -0.1) is 11.3 Å². The first-order valence-corrected chi connectivity index (χ1v) is 10.2. The molecule has 0 aromatic carbocycles. The maximum absolute atomic E-state index is 9.65. The maximum atomic E-state index is 9.65. The summed E-state index contributed by atoms with van der Waals surface area (Å²) in [5, 5.41) is 10.9. The Morgan fingerprint density at radius 2 is 2.19 bits per heavy atom. The second-order valence-corrected chi connectivity index (χ2v) is 8.37. The van der Waals surface area contributed by atoms with Gasteiger partial charge < -0.3 is 10.0 Å². The third-order valence-electron chi connectivity index (χ3n) is 5.54. The van der Waals surface area contributed by atoms with Gasteiger partial charge in [0.15, 0.2) is 5.82 Å². The summed E-state index contributed by atoms with van der Waals surface area (Å²) in [6, 6.07) is 3.95. The van der Waals surface area contributed by atoms with E-state index in [2.05, 4.69) is 9.88 Å². The van der Waals surface area contributed by atoms with Gasteiger partial charge in [0, 0.05) is 42.5 Å². The number of aryl methyl sites for hydroxylation is 2. The molecule has 26 heavy (non-hydrogen) atoms. The summed E-state index contributed by atoms with van der Waals surface area (Å²) >= 11 is 1.83. The smallest absolute Gasteiger partial charge is 0.164 e. The molecule has 0 amide bonds. The predicted molar refractivity (Wildman–Crippen MR) is 105 cm³/mol. The molecule has 0 spiro atoms. The van der Waals surface area contributed by atoms with Gasteiger partial charge in [0.1, 0.15) is 10.6 Å². The van der Waals surface area contributed by atoms with Gasteiger partial charge >= 0.3 is 0 Å². The summed E-state index contributed by atoms with van der Waals surface area (Å²) in [4.78, 5) is 19.1. The summed E-state index contributed by atoms with van der Waals surface area (Å²) in [7, 11) is 0. The third-order valence-corrected chi connectivity index (χ3v) is 6.73. The highest BCUT2D eigenvalue weighted by Gasteiger charge is 2.27. The molecule has 6 heteroatoms. The van der Waals surface area contributed by atoms with Crippen LogP contribution in [-0.4, -0.2) is 39.8 Å². The average Bonchev–Trinajstić information content (AvgIpc) is 3.29. The Hall–Kier alpha value is -2.05. The lowest BCUT2D eigenvalue weighted by Crippen LogP contribution is -2.37. The fourth-order valence-electron chi connectivity index (χ4n) is 4.24. The van der Waals surface area contributed by atoms with Crippen LogP contribution in [0.4, 0.5) is 5.82 Å². The Bertz CT molecular complexity index is 940. The number of thiophene rings is 1. The van der Waals surface area contributed by atoms with E-state index in [4.69, 9.17) is 9.97 Å². The van der Waals surface area contributed by atoms with Gasteiger partial charge in [0.2, 0.25) is 0 Å². The second kappa shape index (κ2) is 6.59. The van der Waals surface area contributed by atoms with Crippen LogP contribution >= 0.6 is 11.3 Å². The first-order valence-electron chi connectivity index (χ1n) is 9.42. The van der Waals surface area contributed by atoms with Crippen LogP contribution < -0.4 is 4.90 Å². The second-order valence-electron chi connectivity index (χ2n) is 7.29. The van der Waals surface area contributed by atoms with Crippen LogP contribution in [0.3, 0.4) is 0 Å². The van der Waals surface area contributed by atoms with Crippen LogP contribution in [0.5, 0.6) is 0 Å². The fraction of sp³-hybridized carbons (Fsp3) is 0.450. The summed E-state index contributed by atoms with van der Waals surface area (Å²) in [5.74, 6) is 2.15. The van der Waals surface area contributed by atoms with Gasteiger partial charge in [-0.2, -0.15) is 0 Å². The monoisotopic (exact) mass is 366 g/mol. The minimum Gasteiger partial charge on any atom is -0.396 e. The van der Waals surface area contributed by atoms with Crippen LogP contribution in [0.1, 0.15) is 29.7 Å². The lowest BCUT2D eigenvalue weighted by molar-refractivity contribution is 0.208. The van der Waals surface area contributed by atoms with E-state index in [0.717, 1.165) is 60.8 Å². The average molecular weight is 366 g/mol. The van der Waals surface area contributed by atoms with Gasteiger partial charge in [-0.25, -0.2) is 9.97 Å². The molecule has 5 nitrogen and oxygen atoms in total. The Labute approximate surface area is 156 Å². The summed E-state index contributed by atoms with van der Waals surface area (Å²) in [6.07, 6.45) is 9.34. The van der Waals surface area contributed by atoms with Crippen molar-refractivity contribution in [3.63, 3.8) is 0 Å². The topological polar surface area (TPSA) is 62.1 Å². The van der Waals surface area contributed by atoms with Crippen molar-refractivity contribution in [3.8, 4) is 11.4 Å². The van der Waals surface area contributed by atoms with Gasteiger partial charge in [-0.1, -0.05) is 0 Å². The summed E-state index contributed by atoms with van der Waals surface area (Å²) in [5.41, 5.74) is 2.42. The number of aromatic nitrogens is 3. The molecule has 0 radical (unpaired) electrons. The van der Waals surface area contributed by atoms with Crippen molar-refractivity contribution >= 4 is 27.4 Å². The first kappa shape index (κ1) is 16.1. The highest BCUT2D eigenvalue weighted by Crippen LogP contribution is 2.42. The van der Waals surface area contributed by atoms with E-state index < -0.39 is 0 Å². The number of rotatable bonds is 3. The van der Waals surface area contributed by atoms with E-state index in [1.54, 1.807) is 6.20 Å². The number of piperidine rings is 1. The third kappa shape index (κ3) is 2.68. The number of hydrogen-bond acceptors (Lipinski definition) is 6. The first-order chi connectivity index (χ1) is 12.8. The van der Waals surface area contributed by atoms with Crippen LogP contribution in [0.2, 0.25) is 0 Å². The number of hydrogen-bond donors (Lipinski definition) is 1. The van der Waals surface area contributed by atoms with Crippen molar-refractivity contribution in [2.75, 3.05) is 24.6 Å². The van der Waals surface area contributed by atoms with Gasteiger partial charge in [0.25, 0.3) is 0 Å². The molecule has 2 aliphatic rings. The van der Waals surface area contributed by atoms with Crippen molar-refractivity contribution in [2.45, 2.75) is 32.1 Å². The molecule has 1 aliphatic heterocycles. The highest BCUT2D eigenvalue weighted by atomic mass is 32.1. The molecule has 3 aromatic heterocycles. The zero-order chi connectivity index (χ0) is 17.5. The summed E-state index contributed by atoms with van der Waals surface area (Å²) in [6.45, 7) is 2.13. The van der Waals surface area contributed by atoms with Crippen LogP contribution in [0.15, 0.2) is 24.5 Å². The van der Waals surface area contributed by atoms with E-state index in [1.807, 2.05) is 29.7 Å². The molecule has 1 atom stereocenters. The largest absolute Gasteiger partial charge is 0.396 e. The Kier molecular flexibility index (Phi) is 4.10. The fourth-order valence-corrected chi connectivity index (χ4v) is 5.49. The van der Waals surface area contributed by atoms with E-state index in [0.29, 0.717) is 5.92 Å². The number of fused-ring (bicyclic) bond motifs is 3. The number of pyridine rings is 1. The number of aliphatic hydroxyl groups is 1. The van der Waals surface area contributed by atoms with E-state index in [-0.39, 0.29) is 6.61 Å². The maximum Gasteiger partial charge on any atom is 0.164 e. The number of nitrogens with zero attached hydrogens (tertiary/aromatic N) is 4.